The van der Waals surface area contributed by atoms with Crippen molar-refractivity contribution in [2.45, 2.75) is 13.2 Å². The third-order valence-electron chi connectivity index (χ3n) is 3.93. The van der Waals surface area contributed by atoms with Crippen LogP contribution in [0.5, 0.6) is 11.5 Å². The largest absolute Gasteiger partial charge is 0.493 e. The Morgan fingerprint density at radius 2 is 1.68 bits per heavy atom. The van der Waals surface area contributed by atoms with E-state index >= 15 is 0 Å². The second-order valence-electron chi connectivity index (χ2n) is 6.10. The van der Waals surface area contributed by atoms with Crippen molar-refractivity contribution in [1.82, 2.24) is 4.90 Å². The molecule has 0 aliphatic carbocycles. The molecule has 0 atom stereocenters. The first kappa shape index (κ1) is 21.2. The van der Waals surface area contributed by atoms with Gasteiger partial charge in [-0.1, -0.05) is 36.4 Å². The van der Waals surface area contributed by atoms with Crippen molar-refractivity contribution in [3.8, 4) is 11.5 Å². The molecule has 2 rings (SSSR count). The number of methoxy groups -OCH3 is 2. The molecule has 0 unspecified atom stereocenters. The molecule has 7 heteroatoms. The first-order valence-corrected chi connectivity index (χ1v) is 8.75. The lowest BCUT2D eigenvalue weighted by atomic mass is 10.2. The molecule has 1 amide bonds. The molecule has 0 N–H and O–H groups in total. The van der Waals surface area contributed by atoms with Crippen molar-refractivity contribution >= 4 is 11.9 Å². The fourth-order valence-electron chi connectivity index (χ4n) is 2.44. The number of ether oxygens (including phenoxy) is 4. The van der Waals surface area contributed by atoms with Crippen molar-refractivity contribution < 1.29 is 28.5 Å². The van der Waals surface area contributed by atoms with Crippen LogP contribution in [0.2, 0.25) is 0 Å². The van der Waals surface area contributed by atoms with Crippen LogP contribution in [0.15, 0.2) is 48.5 Å². The lowest BCUT2D eigenvalue weighted by molar-refractivity contribution is -0.154. The Morgan fingerprint density at radius 1 is 0.929 bits per heavy atom. The number of nitrogens with zero attached hydrogens (tertiary/aromatic N) is 1. The molecule has 0 saturated carbocycles. The highest BCUT2D eigenvalue weighted by atomic mass is 16.6. The van der Waals surface area contributed by atoms with Crippen molar-refractivity contribution in [2.24, 2.45) is 0 Å². The van der Waals surface area contributed by atoms with E-state index in [0.717, 1.165) is 11.1 Å². The van der Waals surface area contributed by atoms with E-state index < -0.39 is 5.97 Å². The highest BCUT2D eigenvalue weighted by Crippen LogP contribution is 2.29. The molecule has 0 aliphatic rings. The lowest BCUT2D eigenvalue weighted by Crippen LogP contribution is -2.31. The molecule has 0 spiro atoms. The summed E-state index contributed by atoms with van der Waals surface area (Å²) >= 11 is 0. The summed E-state index contributed by atoms with van der Waals surface area (Å²) in [6.07, 6.45) is 0. The van der Waals surface area contributed by atoms with Gasteiger partial charge in [0.05, 0.1) is 7.11 Å². The monoisotopic (exact) mass is 387 g/mol. The molecular formula is C21H25NO6. The zero-order valence-corrected chi connectivity index (χ0v) is 16.3. The number of carbonyl (C=O) groups excluding carboxylic acids is 2. The summed E-state index contributed by atoms with van der Waals surface area (Å²) < 4.78 is 20.7. The van der Waals surface area contributed by atoms with Crippen LogP contribution >= 0.6 is 0 Å². The van der Waals surface area contributed by atoms with Gasteiger partial charge in [-0.05, 0) is 23.3 Å². The Kier molecular flexibility index (Phi) is 8.30. The van der Waals surface area contributed by atoms with Gasteiger partial charge < -0.3 is 23.8 Å². The number of amides is 1. The van der Waals surface area contributed by atoms with Crippen molar-refractivity contribution in [2.75, 3.05) is 34.5 Å². The van der Waals surface area contributed by atoms with Crippen LogP contribution in [0.3, 0.4) is 0 Å². The molecule has 0 aromatic heterocycles. The highest BCUT2D eigenvalue weighted by molar-refractivity contribution is 5.80. The molecule has 0 heterocycles. The van der Waals surface area contributed by atoms with Crippen molar-refractivity contribution in [3.05, 3.63) is 59.7 Å². The molecule has 7 nitrogen and oxygen atoms in total. The normalized spacial score (nSPS) is 10.2. The second kappa shape index (κ2) is 10.9. The third-order valence-corrected chi connectivity index (χ3v) is 3.93. The minimum absolute atomic E-state index is 0.182. The van der Waals surface area contributed by atoms with E-state index in [1.807, 2.05) is 48.5 Å². The third kappa shape index (κ3) is 6.59. The molecule has 0 aliphatic heterocycles. The molecular weight excluding hydrogens is 362 g/mol. The molecule has 28 heavy (non-hydrogen) atoms. The Morgan fingerprint density at radius 3 is 2.36 bits per heavy atom. The predicted molar refractivity (Wildman–Crippen MR) is 103 cm³/mol. The van der Waals surface area contributed by atoms with Crippen LogP contribution < -0.4 is 9.47 Å². The maximum absolute atomic E-state index is 12.1. The highest BCUT2D eigenvalue weighted by Gasteiger charge is 2.14. The number of hydrogen-bond acceptors (Lipinski definition) is 6. The summed E-state index contributed by atoms with van der Waals surface area (Å²) in [4.78, 5) is 24.8. The van der Waals surface area contributed by atoms with Gasteiger partial charge in [-0.25, -0.2) is 4.79 Å². The van der Waals surface area contributed by atoms with Crippen molar-refractivity contribution in [3.63, 3.8) is 0 Å². The fraction of sp³-hybridized carbons (Fsp3) is 0.333. The molecule has 0 radical (unpaired) electrons. The zero-order valence-electron chi connectivity index (χ0n) is 16.3. The molecule has 0 fully saturated rings. The fourth-order valence-corrected chi connectivity index (χ4v) is 2.44. The first-order valence-electron chi connectivity index (χ1n) is 8.75. The zero-order chi connectivity index (χ0) is 20.4. The molecule has 150 valence electrons. The van der Waals surface area contributed by atoms with Crippen molar-refractivity contribution in [1.29, 1.82) is 0 Å². The first-order chi connectivity index (χ1) is 13.5. The average molecular weight is 387 g/mol. The van der Waals surface area contributed by atoms with Gasteiger partial charge in [-0.2, -0.15) is 0 Å². The Balaban J connectivity index is 1.93. The SMILES string of the molecule is COCC(=O)OCC(=O)N(C)Cc1ccc(OCc2ccccc2)c(OC)c1. The molecule has 0 bridgehead atoms. The Labute approximate surface area is 164 Å². The number of esters is 1. The quantitative estimate of drug-likeness (QED) is 0.583. The maximum atomic E-state index is 12.1. The van der Waals surface area contributed by atoms with E-state index in [0.29, 0.717) is 24.7 Å². The van der Waals surface area contributed by atoms with Crippen LogP contribution in [-0.4, -0.2) is 51.3 Å². The van der Waals surface area contributed by atoms with Gasteiger partial charge in [0.15, 0.2) is 18.1 Å². The second-order valence-corrected chi connectivity index (χ2v) is 6.10. The van der Waals surface area contributed by atoms with Gasteiger partial charge in [0.1, 0.15) is 13.2 Å². The van der Waals surface area contributed by atoms with Gasteiger partial charge in [0.25, 0.3) is 5.91 Å². The topological polar surface area (TPSA) is 74.3 Å². The van der Waals surface area contributed by atoms with Gasteiger partial charge in [-0.3, -0.25) is 4.79 Å². The number of hydrogen-bond donors (Lipinski definition) is 0. The average Bonchev–Trinajstić information content (AvgIpc) is 2.71. The Bertz CT molecular complexity index is 778. The van der Waals surface area contributed by atoms with E-state index in [-0.39, 0.29) is 19.1 Å². The van der Waals surface area contributed by atoms with Crippen LogP contribution in [0.1, 0.15) is 11.1 Å². The number of benzene rings is 2. The molecule has 2 aromatic carbocycles. The number of likely N-dealkylation sites (N-methyl/N-ethyl adjacent to an activating group) is 1. The van der Waals surface area contributed by atoms with E-state index in [1.54, 1.807) is 14.2 Å². The lowest BCUT2D eigenvalue weighted by Gasteiger charge is -2.18. The molecule has 2 aromatic rings. The summed E-state index contributed by atoms with van der Waals surface area (Å²) in [5, 5.41) is 0. The number of carbonyl (C=O) groups is 2. The van der Waals surface area contributed by atoms with Gasteiger partial charge in [0.2, 0.25) is 0 Å². The van der Waals surface area contributed by atoms with E-state index in [4.69, 9.17) is 14.2 Å². The van der Waals surface area contributed by atoms with Gasteiger partial charge >= 0.3 is 5.97 Å². The standard InChI is InChI=1S/C21H25NO6/c1-22(20(23)14-28-21(24)15-25-2)12-17-9-10-18(19(11-17)26-3)27-13-16-7-5-4-6-8-16/h4-11H,12-15H2,1-3H3. The van der Waals surface area contributed by atoms with Gasteiger partial charge in [0, 0.05) is 20.7 Å². The van der Waals surface area contributed by atoms with Crippen LogP contribution in [-0.2, 0) is 32.2 Å². The minimum atomic E-state index is -0.578. The van der Waals surface area contributed by atoms with Crippen LogP contribution in [0.4, 0.5) is 0 Å². The minimum Gasteiger partial charge on any atom is -0.493 e. The van der Waals surface area contributed by atoms with Crippen LogP contribution in [0, 0.1) is 0 Å². The smallest absolute Gasteiger partial charge is 0.332 e. The predicted octanol–water partition coefficient (Wildman–Crippen LogP) is 2.42. The Hall–Kier alpha value is -3.06. The summed E-state index contributed by atoms with van der Waals surface area (Å²) in [7, 11) is 4.59. The summed E-state index contributed by atoms with van der Waals surface area (Å²) in [6.45, 7) is 0.268. The number of rotatable bonds is 10. The van der Waals surface area contributed by atoms with Crippen LogP contribution in [0.25, 0.3) is 0 Å². The van der Waals surface area contributed by atoms with E-state index in [9.17, 15) is 9.59 Å². The summed E-state index contributed by atoms with van der Waals surface area (Å²) in [5.74, 6) is 0.317. The van der Waals surface area contributed by atoms with Gasteiger partial charge in [-0.15, -0.1) is 0 Å². The molecule has 0 saturated heterocycles. The summed E-state index contributed by atoms with van der Waals surface area (Å²) in [5.41, 5.74) is 1.92. The van der Waals surface area contributed by atoms with E-state index in [2.05, 4.69) is 4.74 Å². The maximum Gasteiger partial charge on any atom is 0.332 e. The van der Waals surface area contributed by atoms with E-state index in [1.165, 1.54) is 12.0 Å². The summed E-state index contributed by atoms with van der Waals surface area (Å²) in [6, 6.07) is 15.3.